The Morgan fingerprint density at radius 2 is 2.00 bits per heavy atom. The van der Waals surface area contributed by atoms with Gasteiger partial charge in [0.2, 0.25) is 0 Å². The zero-order chi connectivity index (χ0) is 15.5. The van der Waals surface area contributed by atoms with E-state index in [2.05, 4.69) is 0 Å². The molecule has 0 bridgehead atoms. The van der Waals surface area contributed by atoms with Crippen LogP contribution in [0.2, 0.25) is 0 Å². The Bertz CT molecular complexity index is 848. The number of hydrogen-bond acceptors (Lipinski definition) is 2. The first-order chi connectivity index (χ1) is 10.6. The van der Waals surface area contributed by atoms with Crippen LogP contribution in [0, 0.1) is 6.92 Å². The number of rotatable bonds is 4. The van der Waals surface area contributed by atoms with Crippen LogP contribution in [0.25, 0.3) is 11.7 Å². The molecule has 22 heavy (non-hydrogen) atoms. The molecule has 2 aromatic heterocycles. The van der Waals surface area contributed by atoms with E-state index < -0.39 is 5.97 Å². The van der Waals surface area contributed by atoms with Crippen molar-refractivity contribution in [3.05, 3.63) is 77.3 Å². The molecular formula is C18H16N2O2. The van der Waals surface area contributed by atoms with Crippen LogP contribution in [0.5, 0.6) is 0 Å². The summed E-state index contributed by atoms with van der Waals surface area (Å²) in [5, 5.41) is 8.90. The normalized spacial score (nSPS) is 11.3. The minimum absolute atomic E-state index is 0.668. The van der Waals surface area contributed by atoms with Gasteiger partial charge in [0.25, 0.3) is 0 Å². The predicted octanol–water partition coefficient (Wildman–Crippen LogP) is 3.33. The lowest BCUT2D eigenvalue weighted by molar-refractivity contribution is -0.131. The lowest BCUT2D eigenvalue weighted by Crippen LogP contribution is -1.94. The van der Waals surface area contributed by atoms with Crippen LogP contribution in [-0.2, 0) is 11.2 Å². The maximum Gasteiger partial charge on any atom is 0.328 e. The summed E-state index contributed by atoms with van der Waals surface area (Å²) in [5.74, 6) is -0.965. The maximum absolute atomic E-state index is 10.9. The first-order valence-corrected chi connectivity index (χ1v) is 7.06. The zero-order valence-corrected chi connectivity index (χ0v) is 12.2. The van der Waals surface area contributed by atoms with Gasteiger partial charge in [-0.05, 0) is 30.2 Å². The summed E-state index contributed by atoms with van der Waals surface area (Å²) in [6.07, 6.45) is 5.34. The predicted molar refractivity (Wildman–Crippen MR) is 85.8 cm³/mol. The standard InChI is InChI=1S/C18H16N2O2/c1-13-6-5-11-20-16(9-10-17(21)22)15(19-18(13)20)12-14-7-3-2-4-8-14/h2-11H,12H2,1H3,(H,21,22)/b10-9+. The lowest BCUT2D eigenvalue weighted by Gasteiger charge is -2.01. The molecule has 0 saturated carbocycles. The van der Waals surface area contributed by atoms with Crippen LogP contribution in [0.3, 0.4) is 0 Å². The summed E-state index contributed by atoms with van der Waals surface area (Å²) < 4.78 is 1.94. The summed E-state index contributed by atoms with van der Waals surface area (Å²) in [6.45, 7) is 2.00. The fraction of sp³-hybridized carbons (Fsp3) is 0.111. The Hall–Kier alpha value is -2.88. The quantitative estimate of drug-likeness (QED) is 0.750. The molecule has 1 N–H and O–H groups in total. The van der Waals surface area contributed by atoms with Gasteiger partial charge in [0, 0.05) is 18.7 Å². The van der Waals surface area contributed by atoms with Crippen LogP contribution < -0.4 is 0 Å². The van der Waals surface area contributed by atoms with Crippen molar-refractivity contribution in [3.8, 4) is 0 Å². The van der Waals surface area contributed by atoms with Gasteiger partial charge >= 0.3 is 5.97 Å². The summed E-state index contributed by atoms with van der Waals surface area (Å²) in [6, 6.07) is 14.0. The topological polar surface area (TPSA) is 54.6 Å². The number of carbonyl (C=O) groups is 1. The second kappa shape index (κ2) is 5.85. The molecule has 3 rings (SSSR count). The minimum Gasteiger partial charge on any atom is -0.478 e. The smallest absolute Gasteiger partial charge is 0.328 e. The van der Waals surface area contributed by atoms with Crippen LogP contribution in [0.15, 0.2) is 54.7 Å². The monoisotopic (exact) mass is 292 g/mol. The van der Waals surface area contributed by atoms with Crippen LogP contribution in [0.4, 0.5) is 0 Å². The van der Waals surface area contributed by atoms with Crippen molar-refractivity contribution in [2.75, 3.05) is 0 Å². The van der Waals surface area contributed by atoms with Crippen LogP contribution in [0.1, 0.15) is 22.5 Å². The third kappa shape index (κ3) is 2.76. The molecule has 0 atom stereocenters. The van der Waals surface area contributed by atoms with Gasteiger partial charge in [0.05, 0.1) is 11.4 Å². The van der Waals surface area contributed by atoms with Gasteiger partial charge in [0.1, 0.15) is 5.65 Å². The van der Waals surface area contributed by atoms with Gasteiger partial charge in [0.15, 0.2) is 0 Å². The van der Waals surface area contributed by atoms with E-state index in [1.807, 2.05) is 60.0 Å². The molecule has 1 aromatic carbocycles. The van der Waals surface area contributed by atoms with Gasteiger partial charge in [-0.15, -0.1) is 0 Å². The molecule has 0 unspecified atom stereocenters. The highest BCUT2D eigenvalue weighted by atomic mass is 16.4. The molecule has 0 amide bonds. The Kier molecular flexibility index (Phi) is 3.74. The molecule has 0 aliphatic rings. The van der Waals surface area contributed by atoms with E-state index in [9.17, 15) is 4.79 Å². The maximum atomic E-state index is 10.9. The van der Waals surface area contributed by atoms with Gasteiger partial charge < -0.3 is 5.11 Å². The molecule has 0 aliphatic heterocycles. The molecule has 0 saturated heterocycles. The lowest BCUT2D eigenvalue weighted by atomic mass is 10.1. The zero-order valence-electron chi connectivity index (χ0n) is 12.2. The van der Waals surface area contributed by atoms with Gasteiger partial charge in [-0.3, -0.25) is 4.40 Å². The highest BCUT2D eigenvalue weighted by molar-refractivity contribution is 5.85. The highest BCUT2D eigenvalue weighted by Crippen LogP contribution is 2.20. The Morgan fingerprint density at radius 3 is 2.73 bits per heavy atom. The summed E-state index contributed by atoms with van der Waals surface area (Å²) in [5.41, 5.74) is 4.75. The average molecular weight is 292 g/mol. The molecule has 0 spiro atoms. The molecule has 0 aliphatic carbocycles. The number of carboxylic acids is 1. The van der Waals surface area contributed by atoms with Crippen molar-refractivity contribution in [2.24, 2.45) is 0 Å². The molecule has 4 nitrogen and oxygen atoms in total. The average Bonchev–Trinajstić information content (AvgIpc) is 2.85. The minimum atomic E-state index is -0.965. The molecule has 3 aromatic rings. The van der Waals surface area contributed by atoms with Crippen LogP contribution >= 0.6 is 0 Å². The fourth-order valence-corrected chi connectivity index (χ4v) is 2.52. The van der Waals surface area contributed by atoms with Crippen molar-refractivity contribution in [1.29, 1.82) is 0 Å². The Morgan fingerprint density at radius 1 is 1.23 bits per heavy atom. The molecule has 2 heterocycles. The summed E-state index contributed by atoms with van der Waals surface area (Å²) in [7, 11) is 0. The first-order valence-electron chi connectivity index (χ1n) is 7.06. The van der Waals surface area contributed by atoms with E-state index >= 15 is 0 Å². The molecule has 110 valence electrons. The Balaban J connectivity index is 2.13. The van der Waals surface area contributed by atoms with Crippen molar-refractivity contribution in [3.63, 3.8) is 0 Å². The van der Waals surface area contributed by atoms with E-state index in [0.29, 0.717) is 6.42 Å². The summed E-state index contributed by atoms with van der Waals surface area (Å²) >= 11 is 0. The molecule has 0 fully saturated rings. The van der Waals surface area contributed by atoms with Crippen molar-refractivity contribution >= 4 is 17.7 Å². The van der Waals surface area contributed by atoms with Crippen LogP contribution in [-0.4, -0.2) is 20.5 Å². The largest absolute Gasteiger partial charge is 0.478 e. The number of pyridine rings is 1. The molecule has 0 radical (unpaired) electrons. The number of nitrogens with zero attached hydrogens (tertiary/aromatic N) is 2. The van der Waals surface area contributed by atoms with Gasteiger partial charge in [-0.25, -0.2) is 9.78 Å². The van der Waals surface area contributed by atoms with Crippen molar-refractivity contribution in [1.82, 2.24) is 9.38 Å². The van der Waals surface area contributed by atoms with E-state index in [1.54, 1.807) is 6.08 Å². The van der Waals surface area contributed by atoms with Gasteiger partial charge in [-0.1, -0.05) is 36.4 Å². The second-order valence-electron chi connectivity index (χ2n) is 5.16. The number of aliphatic carboxylic acids is 1. The third-order valence-corrected chi connectivity index (χ3v) is 3.56. The number of imidazole rings is 1. The second-order valence-corrected chi connectivity index (χ2v) is 5.16. The number of aromatic nitrogens is 2. The van der Waals surface area contributed by atoms with Crippen molar-refractivity contribution in [2.45, 2.75) is 13.3 Å². The highest BCUT2D eigenvalue weighted by Gasteiger charge is 2.12. The van der Waals surface area contributed by atoms with E-state index in [0.717, 1.165) is 34.2 Å². The number of aryl methyl sites for hydroxylation is 1. The van der Waals surface area contributed by atoms with Crippen molar-refractivity contribution < 1.29 is 9.90 Å². The Labute approximate surface area is 128 Å². The summed E-state index contributed by atoms with van der Waals surface area (Å²) in [4.78, 5) is 15.6. The number of hydrogen-bond donors (Lipinski definition) is 1. The SMILES string of the molecule is Cc1cccn2c(/C=C/C(=O)O)c(Cc3ccccc3)nc12. The third-order valence-electron chi connectivity index (χ3n) is 3.56. The number of benzene rings is 1. The van der Waals surface area contributed by atoms with E-state index in [-0.39, 0.29) is 0 Å². The van der Waals surface area contributed by atoms with Gasteiger partial charge in [-0.2, -0.15) is 0 Å². The number of carboxylic acid groups (broad SMARTS) is 1. The number of fused-ring (bicyclic) bond motifs is 1. The van der Waals surface area contributed by atoms with E-state index in [4.69, 9.17) is 10.1 Å². The molecular weight excluding hydrogens is 276 g/mol. The van der Waals surface area contributed by atoms with E-state index in [1.165, 1.54) is 0 Å². The fourth-order valence-electron chi connectivity index (χ4n) is 2.52. The molecule has 4 heteroatoms. The first kappa shape index (κ1) is 14.1.